The normalized spacial score (nSPS) is 18.1. The number of carbonyl (C=O) groups excluding carboxylic acids is 1. The number of hydrogen-bond donors (Lipinski definition) is 2. The van der Waals surface area contributed by atoms with Crippen LogP contribution < -0.4 is 15.4 Å². The molecule has 0 saturated carbocycles. The second kappa shape index (κ2) is 11.8. The molecule has 0 radical (unpaired) electrons. The summed E-state index contributed by atoms with van der Waals surface area (Å²) in [5.74, 6) is 1.23. The maximum atomic E-state index is 12.2. The van der Waals surface area contributed by atoms with Crippen LogP contribution in [0.15, 0.2) is 88.9 Å². The first-order valence-electron chi connectivity index (χ1n) is 12.5. The van der Waals surface area contributed by atoms with Gasteiger partial charge in [0.05, 0.1) is 16.3 Å². The van der Waals surface area contributed by atoms with Crippen molar-refractivity contribution >= 4 is 44.0 Å². The van der Waals surface area contributed by atoms with E-state index in [0.717, 1.165) is 45.6 Å². The molecule has 0 spiro atoms. The van der Waals surface area contributed by atoms with E-state index in [4.69, 9.17) is 5.73 Å². The second-order valence-electron chi connectivity index (χ2n) is 8.91. The van der Waals surface area contributed by atoms with Gasteiger partial charge in [0.15, 0.2) is 0 Å². The van der Waals surface area contributed by atoms with Crippen LogP contribution in [0.2, 0.25) is 0 Å². The van der Waals surface area contributed by atoms with E-state index in [0.29, 0.717) is 17.1 Å². The van der Waals surface area contributed by atoms with Gasteiger partial charge in [0.2, 0.25) is 0 Å². The van der Waals surface area contributed by atoms with Crippen molar-refractivity contribution in [3.63, 3.8) is 0 Å². The number of hydrogen-bond acceptors (Lipinski definition) is 6. The Bertz CT molecular complexity index is 1220. The molecule has 5 rings (SSSR count). The maximum Gasteiger partial charge on any atom is 0.254 e. The average Bonchev–Trinajstić information content (AvgIpc) is 3.56. The Kier molecular flexibility index (Phi) is 8.05. The minimum atomic E-state index is -0.125. The van der Waals surface area contributed by atoms with Gasteiger partial charge in [0, 0.05) is 37.6 Å². The quantitative estimate of drug-likeness (QED) is 0.312. The Morgan fingerprint density at radius 1 is 0.944 bits per heavy atom. The zero-order chi connectivity index (χ0) is 24.7. The molecule has 2 aromatic carbocycles. The summed E-state index contributed by atoms with van der Waals surface area (Å²) in [4.78, 5) is 18.6. The van der Waals surface area contributed by atoms with Crippen molar-refractivity contribution < 1.29 is 4.79 Å². The Morgan fingerprint density at radius 3 is 2.36 bits per heavy atom. The molecule has 3 aromatic rings. The molecule has 2 aliphatic heterocycles. The number of allylic oxidation sites excluding steroid dienone is 1. The maximum absolute atomic E-state index is 12.2. The van der Waals surface area contributed by atoms with Crippen LogP contribution in [0.25, 0.3) is 0 Å². The molecule has 2 aliphatic rings. The van der Waals surface area contributed by atoms with Crippen molar-refractivity contribution in [2.24, 2.45) is 0 Å². The van der Waals surface area contributed by atoms with Gasteiger partial charge in [-0.05, 0) is 66.5 Å². The van der Waals surface area contributed by atoms with Gasteiger partial charge in [-0.1, -0.05) is 47.1 Å². The number of nitrogens with one attached hydrogen (secondary N) is 1. The molecule has 1 saturated heterocycles. The molecule has 0 bridgehead atoms. The number of thiophene rings is 1. The second-order valence-corrected chi connectivity index (χ2v) is 11.6. The van der Waals surface area contributed by atoms with Gasteiger partial charge in [-0.15, -0.1) is 11.3 Å². The number of para-hydroxylation sites is 1. The lowest BCUT2D eigenvalue weighted by Crippen LogP contribution is -2.48. The Labute approximate surface area is 220 Å². The fourth-order valence-electron chi connectivity index (χ4n) is 4.61. The van der Waals surface area contributed by atoms with E-state index in [1.807, 2.05) is 5.38 Å². The number of rotatable bonds is 9. The van der Waals surface area contributed by atoms with E-state index in [1.165, 1.54) is 27.7 Å². The topological polar surface area (TPSA) is 64.8 Å². The summed E-state index contributed by atoms with van der Waals surface area (Å²) < 4.78 is 2.49. The molecule has 3 N–H and O–H groups in total. The zero-order valence-corrected chi connectivity index (χ0v) is 22.0. The third kappa shape index (κ3) is 5.67. The number of nitrogen functional groups attached to an aromatic ring is 1. The third-order valence-corrected chi connectivity index (χ3v) is 9.24. The number of piperazine rings is 1. The van der Waals surface area contributed by atoms with Crippen LogP contribution >= 0.6 is 22.0 Å². The highest BCUT2D eigenvalue weighted by Gasteiger charge is 2.28. The van der Waals surface area contributed by atoms with Crippen LogP contribution in [-0.4, -0.2) is 60.3 Å². The lowest BCUT2D eigenvalue weighted by molar-refractivity contribution is 0.0953. The molecule has 1 atom stereocenters. The van der Waals surface area contributed by atoms with Gasteiger partial charge in [-0.2, -0.15) is 0 Å². The van der Waals surface area contributed by atoms with Crippen molar-refractivity contribution in [1.29, 1.82) is 0 Å². The number of benzene rings is 2. The first-order valence-corrected chi connectivity index (χ1v) is 14.6. The minimum absolute atomic E-state index is 0.0681. The van der Waals surface area contributed by atoms with Crippen molar-refractivity contribution in [3.8, 4) is 0 Å². The number of carbonyl (C=O) groups is 1. The molecular formula is C28H33N5OS2. The average molecular weight is 520 g/mol. The lowest BCUT2D eigenvalue weighted by Gasteiger charge is -2.40. The summed E-state index contributed by atoms with van der Waals surface area (Å²) in [5.41, 5.74) is 7.67. The van der Waals surface area contributed by atoms with Gasteiger partial charge in [0.1, 0.15) is 5.82 Å². The van der Waals surface area contributed by atoms with Gasteiger partial charge in [-0.25, -0.2) is 0 Å². The van der Waals surface area contributed by atoms with Crippen LogP contribution in [0.4, 0.5) is 10.7 Å². The van der Waals surface area contributed by atoms with Gasteiger partial charge >= 0.3 is 0 Å². The summed E-state index contributed by atoms with van der Waals surface area (Å²) in [7, 11) is -0.125. The molecular weight excluding hydrogens is 486 g/mol. The van der Waals surface area contributed by atoms with E-state index < -0.39 is 0 Å². The first-order chi connectivity index (χ1) is 17.7. The standard InChI is InChI=1S/C28H33N5OS2/c29-27-25(13-21-35-27)28(34)30-15-7-8-16-31-17-19-32(20-18-31)26-14-22-36(24-11-5-2-6-12-24)33(26)23-9-3-1-4-10-23/h1-6,9-14,21-22H,7-8,15-20,29H2,(H,30,34). The Hall–Kier alpha value is -3.07. The van der Waals surface area contributed by atoms with E-state index in [2.05, 4.69) is 91.5 Å². The molecule has 188 valence electrons. The Balaban J connectivity index is 1.11. The van der Waals surface area contributed by atoms with Crippen LogP contribution in [0.1, 0.15) is 23.2 Å². The van der Waals surface area contributed by atoms with Crippen molar-refractivity contribution in [2.45, 2.75) is 17.7 Å². The van der Waals surface area contributed by atoms with Gasteiger partial charge < -0.3 is 16.0 Å². The summed E-state index contributed by atoms with van der Waals surface area (Å²) in [5, 5.41) is 7.78. The fourth-order valence-corrected chi connectivity index (χ4v) is 7.15. The van der Waals surface area contributed by atoms with E-state index in [9.17, 15) is 4.79 Å². The van der Waals surface area contributed by atoms with E-state index in [-0.39, 0.29) is 16.6 Å². The van der Waals surface area contributed by atoms with Gasteiger partial charge in [0.25, 0.3) is 5.91 Å². The summed E-state index contributed by atoms with van der Waals surface area (Å²) in [6.07, 6.45) is 4.35. The van der Waals surface area contributed by atoms with E-state index >= 15 is 0 Å². The highest BCUT2D eigenvalue weighted by molar-refractivity contribution is 8.16. The minimum Gasteiger partial charge on any atom is -0.390 e. The molecule has 1 fully saturated rings. The number of unbranched alkanes of at least 4 members (excludes halogenated alkanes) is 1. The van der Waals surface area contributed by atoms with Crippen LogP contribution in [0, 0.1) is 0 Å². The lowest BCUT2D eigenvalue weighted by atomic mass is 10.2. The third-order valence-electron chi connectivity index (χ3n) is 6.55. The predicted molar refractivity (Wildman–Crippen MR) is 154 cm³/mol. The van der Waals surface area contributed by atoms with Crippen LogP contribution in [-0.2, 0) is 0 Å². The zero-order valence-electron chi connectivity index (χ0n) is 20.4. The van der Waals surface area contributed by atoms with Crippen LogP contribution in [0.3, 0.4) is 0 Å². The van der Waals surface area contributed by atoms with Crippen molar-refractivity contribution in [3.05, 3.63) is 89.6 Å². The molecule has 0 aliphatic carbocycles. The largest absolute Gasteiger partial charge is 0.390 e. The fraction of sp³-hybridized carbons (Fsp3) is 0.286. The summed E-state index contributed by atoms with van der Waals surface area (Å²) in [6.45, 7) is 5.89. The smallest absolute Gasteiger partial charge is 0.254 e. The first kappa shape index (κ1) is 24.6. The number of anilines is 2. The monoisotopic (exact) mass is 519 g/mol. The SMILES string of the molecule is Nc1sccc1C(=O)NCCCCN1CCN(C2=CC=S(c3ccccc3)N2c2ccccc2)CC1. The molecule has 3 heterocycles. The van der Waals surface area contributed by atoms with Crippen LogP contribution in [0.5, 0.6) is 0 Å². The predicted octanol–water partition coefficient (Wildman–Crippen LogP) is 4.86. The Morgan fingerprint density at radius 2 is 1.67 bits per heavy atom. The molecule has 1 amide bonds. The van der Waals surface area contributed by atoms with E-state index in [1.54, 1.807) is 6.07 Å². The molecule has 36 heavy (non-hydrogen) atoms. The molecule has 1 aromatic heterocycles. The number of amides is 1. The van der Waals surface area contributed by atoms with Crippen molar-refractivity contribution in [2.75, 3.05) is 49.3 Å². The number of nitrogens with two attached hydrogens (primary N) is 1. The number of nitrogens with zero attached hydrogens (tertiary/aromatic N) is 3. The highest BCUT2D eigenvalue weighted by Crippen LogP contribution is 2.42. The van der Waals surface area contributed by atoms with Crippen molar-refractivity contribution in [1.82, 2.24) is 15.1 Å². The van der Waals surface area contributed by atoms with Gasteiger partial charge in [-0.3, -0.25) is 14.0 Å². The molecule has 6 nitrogen and oxygen atoms in total. The highest BCUT2D eigenvalue weighted by atomic mass is 32.2. The summed E-state index contributed by atoms with van der Waals surface area (Å²) in [6, 6.07) is 23.3. The summed E-state index contributed by atoms with van der Waals surface area (Å²) >= 11 is 1.40. The molecule has 8 heteroatoms. The molecule has 1 unspecified atom stereocenters.